The number of carbonyl (C=O) groups excluding carboxylic acids is 2. The van der Waals surface area contributed by atoms with E-state index in [-0.39, 0.29) is 17.7 Å². The van der Waals surface area contributed by atoms with Gasteiger partial charge in [-0.1, -0.05) is 50.2 Å². The van der Waals surface area contributed by atoms with E-state index in [2.05, 4.69) is 5.32 Å². The number of hydrogen-bond acceptors (Lipinski definition) is 4. The highest BCUT2D eigenvalue weighted by Gasteiger charge is 2.39. The molecule has 0 saturated carbocycles. The molecule has 2 aromatic rings. The number of carbonyl (C=O) groups is 2. The summed E-state index contributed by atoms with van der Waals surface area (Å²) in [5, 5.41) is 3.14. The molecule has 2 aromatic carbocycles. The highest BCUT2D eigenvalue weighted by molar-refractivity contribution is 6.36. The van der Waals surface area contributed by atoms with E-state index in [0.29, 0.717) is 29.3 Å². The van der Waals surface area contributed by atoms with Crippen LogP contribution in [0.3, 0.4) is 0 Å². The fourth-order valence-corrected chi connectivity index (χ4v) is 2.94. The van der Waals surface area contributed by atoms with E-state index >= 15 is 0 Å². The molecule has 1 N–H and O–H groups in total. The van der Waals surface area contributed by atoms with Gasteiger partial charge in [0, 0.05) is 18.3 Å². The molecule has 0 unspecified atom stereocenters. The zero-order valence-corrected chi connectivity index (χ0v) is 15.2. The summed E-state index contributed by atoms with van der Waals surface area (Å²) in [4.78, 5) is 27.2. The van der Waals surface area contributed by atoms with Gasteiger partial charge in [-0.05, 0) is 23.6 Å². The van der Waals surface area contributed by atoms with E-state index in [9.17, 15) is 9.59 Å². The summed E-state index contributed by atoms with van der Waals surface area (Å²) in [5.41, 5.74) is 2.12. The molecule has 0 bridgehead atoms. The summed E-state index contributed by atoms with van der Waals surface area (Å²) < 4.78 is 5.23. The van der Waals surface area contributed by atoms with Crippen molar-refractivity contribution >= 4 is 23.1 Å². The van der Waals surface area contributed by atoms with Crippen molar-refractivity contribution in [2.24, 2.45) is 5.92 Å². The van der Waals surface area contributed by atoms with Crippen LogP contribution >= 0.6 is 0 Å². The lowest BCUT2D eigenvalue weighted by atomic mass is 10.0. The minimum Gasteiger partial charge on any atom is -0.497 e. The van der Waals surface area contributed by atoms with Crippen LogP contribution in [-0.4, -0.2) is 30.4 Å². The Bertz CT molecular complexity index is 857. The van der Waals surface area contributed by atoms with Gasteiger partial charge in [-0.15, -0.1) is 0 Å². The Labute approximate surface area is 153 Å². The van der Waals surface area contributed by atoms with Crippen LogP contribution in [0.25, 0.3) is 5.57 Å². The minimum atomic E-state index is -0.301. The Morgan fingerprint density at radius 3 is 2.38 bits per heavy atom. The first kappa shape index (κ1) is 17.7. The van der Waals surface area contributed by atoms with Crippen molar-refractivity contribution in [2.45, 2.75) is 13.8 Å². The van der Waals surface area contributed by atoms with Crippen LogP contribution in [0.4, 0.5) is 5.69 Å². The molecule has 5 heteroatoms. The quantitative estimate of drug-likeness (QED) is 0.810. The summed E-state index contributed by atoms with van der Waals surface area (Å²) >= 11 is 0. The molecule has 1 aliphatic heterocycles. The van der Waals surface area contributed by atoms with Crippen molar-refractivity contribution in [3.63, 3.8) is 0 Å². The molecule has 5 nitrogen and oxygen atoms in total. The molecule has 26 heavy (non-hydrogen) atoms. The first-order valence-corrected chi connectivity index (χ1v) is 8.58. The molecule has 1 aliphatic rings. The second kappa shape index (κ2) is 7.44. The van der Waals surface area contributed by atoms with Crippen LogP contribution in [-0.2, 0) is 9.59 Å². The Balaban J connectivity index is 2.04. The van der Waals surface area contributed by atoms with Gasteiger partial charge < -0.3 is 10.1 Å². The number of nitrogens with zero attached hydrogens (tertiary/aromatic N) is 1. The molecule has 0 saturated heterocycles. The smallest absolute Gasteiger partial charge is 0.278 e. The van der Waals surface area contributed by atoms with E-state index in [1.165, 1.54) is 4.90 Å². The number of hydrogen-bond donors (Lipinski definition) is 1. The monoisotopic (exact) mass is 350 g/mol. The second-order valence-electron chi connectivity index (χ2n) is 6.59. The number of anilines is 1. The molecular weight excluding hydrogens is 328 g/mol. The first-order chi connectivity index (χ1) is 12.5. The van der Waals surface area contributed by atoms with Gasteiger partial charge in [-0.3, -0.25) is 14.5 Å². The largest absolute Gasteiger partial charge is 0.497 e. The van der Waals surface area contributed by atoms with Crippen LogP contribution in [0.1, 0.15) is 19.4 Å². The Kier molecular flexibility index (Phi) is 5.07. The van der Waals surface area contributed by atoms with Crippen LogP contribution in [0.5, 0.6) is 5.75 Å². The van der Waals surface area contributed by atoms with Crippen molar-refractivity contribution in [1.29, 1.82) is 0 Å². The number of nitrogens with one attached hydrogen (secondary N) is 1. The Morgan fingerprint density at radius 2 is 1.73 bits per heavy atom. The maximum absolute atomic E-state index is 13.0. The van der Waals surface area contributed by atoms with Crippen LogP contribution < -0.4 is 10.1 Å². The van der Waals surface area contributed by atoms with E-state index < -0.39 is 0 Å². The molecular formula is C21H22N2O3. The maximum Gasteiger partial charge on any atom is 0.278 e. The molecule has 3 rings (SSSR count). The zero-order valence-electron chi connectivity index (χ0n) is 15.2. The predicted molar refractivity (Wildman–Crippen MR) is 102 cm³/mol. The van der Waals surface area contributed by atoms with E-state index in [4.69, 9.17) is 4.74 Å². The number of ether oxygens (including phenoxy) is 1. The zero-order chi connectivity index (χ0) is 18.7. The molecule has 0 aromatic heterocycles. The maximum atomic E-state index is 13.0. The normalized spacial score (nSPS) is 14.4. The first-order valence-electron chi connectivity index (χ1n) is 8.58. The minimum absolute atomic E-state index is 0.191. The molecule has 1 heterocycles. The van der Waals surface area contributed by atoms with Crippen LogP contribution in [0.15, 0.2) is 60.3 Å². The number of benzene rings is 2. The predicted octanol–water partition coefficient (Wildman–Crippen LogP) is 3.54. The van der Waals surface area contributed by atoms with E-state index in [1.807, 2.05) is 62.4 Å². The van der Waals surface area contributed by atoms with Gasteiger partial charge in [-0.25, -0.2) is 0 Å². The highest BCUT2D eigenvalue weighted by atomic mass is 16.5. The van der Waals surface area contributed by atoms with Gasteiger partial charge in [0.15, 0.2) is 0 Å². The number of amides is 2. The fourth-order valence-electron chi connectivity index (χ4n) is 2.94. The molecule has 0 atom stereocenters. The second-order valence-corrected chi connectivity index (χ2v) is 6.59. The third-order valence-electron chi connectivity index (χ3n) is 4.12. The summed E-state index contributed by atoms with van der Waals surface area (Å²) in [7, 11) is 1.59. The number of rotatable bonds is 6. The summed E-state index contributed by atoms with van der Waals surface area (Å²) in [6, 6.07) is 16.6. The van der Waals surface area contributed by atoms with Gasteiger partial charge in [0.1, 0.15) is 11.4 Å². The van der Waals surface area contributed by atoms with E-state index in [0.717, 1.165) is 5.56 Å². The third kappa shape index (κ3) is 3.47. The van der Waals surface area contributed by atoms with Gasteiger partial charge >= 0.3 is 0 Å². The van der Waals surface area contributed by atoms with Gasteiger partial charge in [0.2, 0.25) is 0 Å². The summed E-state index contributed by atoms with van der Waals surface area (Å²) in [6.45, 7) is 4.35. The third-order valence-corrected chi connectivity index (χ3v) is 4.12. The summed E-state index contributed by atoms with van der Waals surface area (Å²) in [6.07, 6.45) is 0. The molecule has 2 amide bonds. The van der Waals surface area contributed by atoms with Gasteiger partial charge in [0.25, 0.3) is 11.8 Å². The number of imide groups is 1. The molecule has 134 valence electrons. The fraction of sp³-hybridized carbons (Fsp3) is 0.238. The van der Waals surface area contributed by atoms with Crippen LogP contribution in [0.2, 0.25) is 0 Å². The lowest BCUT2D eigenvalue weighted by molar-refractivity contribution is -0.137. The lowest BCUT2D eigenvalue weighted by Gasteiger charge is -2.17. The topological polar surface area (TPSA) is 58.6 Å². The molecule has 0 aliphatic carbocycles. The van der Waals surface area contributed by atoms with Crippen molar-refractivity contribution in [2.75, 3.05) is 19.0 Å². The molecule has 0 fully saturated rings. The molecule has 0 radical (unpaired) electrons. The van der Waals surface area contributed by atoms with Gasteiger partial charge in [-0.2, -0.15) is 0 Å². The average molecular weight is 350 g/mol. The van der Waals surface area contributed by atoms with Crippen molar-refractivity contribution in [1.82, 2.24) is 4.90 Å². The number of methoxy groups -OCH3 is 1. The van der Waals surface area contributed by atoms with E-state index in [1.54, 1.807) is 13.2 Å². The standard InChI is InChI=1S/C21H22N2O3/c1-14(2)13-23-20(24)18(15-8-5-4-6-9-15)19(21(23)25)22-16-10-7-11-17(12-16)26-3/h4-12,14,22H,13H2,1-3H3. The lowest BCUT2D eigenvalue weighted by Crippen LogP contribution is -2.35. The van der Waals surface area contributed by atoms with Crippen molar-refractivity contribution in [3.8, 4) is 5.75 Å². The van der Waals surface area contributed by atoms with Crippen LogP contribution in [0, 0.1) is 5.92 Å². The SMILES string of the molecule is COc1cccc(NC2=C(c3ccccc3)C(=O)N(CC(C)C)C2=O)c1. The Morgan fingerprint density at radius 1 is 1.00 bits per heavy atom. The van der Waals surface area contributed by atoms with Gasteiger partial charge in [0.05, 0.1) is 12.7 Å². The van der Waals surface area contributed by atoms with Crippen molar-refractivity contribution in [3.05, 3.63) is 65.9 Å². The summed E-state index contributed by atoms with van der Waals surface area (Å²) in [5.74, 6) is 0.300. The Hall–Kier alpha value is -3.08. The highest BCUT2D eigenvalue weighted by Crippen LogP contribution is 2.31. The van der Waals surface area contributed by atoms with Crippen molar-refractivity contribution < 1.29 is 14.3 Å². The molecule has 0 spiro atoms. The average Bonchev–Trinajstić information content (AvgIpc) is 2.86.